The van der Waals surface area contributed by atoms with Crippen LogP contribution in [0.25, 0.3) is 0 Å². The number of nitrogens with one attached hydrogen (secondary N) is 1. The molecule has 0 aromatic carbocycles. The fourth-order valence-corrected chi connectivity index (χ4v) is 2.50. The lowest BCUT2D eigenvalue weighted by Gasteiger charge is -2.04. The van der Waals surface area contributed by atoms with E-state index >= 15 is 0 Å². The smallest absolute Gasteiger partial charge is 0.371 e. The Labute approximate surface area is 108 Å². The molecule has 100 valence electrons. The predicted molar refractivity (Wildman–Crippen MR) is 63.2 cm³/mol. The molecule has 0 saturated carbocycles. The zero-order valence-electron chi connectivity index (χ0n) is 9.69. The molecule has 0 fully saturated rings. The van der Waals surface area contributed by atoms with Gasteiger partial charge in [-0.15, -0.1) is 0 Å². The molecule has 9 heteroatoms. The first kappa shape index (κ1) is 13.0. The second-order valence-electron chi connectivity index (χ2n) is 3.51. The Kier molecular flexibility index (Phi) is 3.21. The minimum absolute atomic E-state index is 0.0270. The van der Waals surface area contributed by atoms with Gasteiger partial charge >= 0.3 is 5.97 Å². The number of rotatable bonds is 4. The van der Waals surface area contributed by atoms with E-state index in [2.05, 4.69) is 14.7 Å². The normalized spacial score (nSPS) is 11.2. The first-order valence-electron chi connectivity index (χ1n) is 5.04. The third kappa shape index (κ3) is 2.71. The summed E-state index contributed by atoms with van der Waals surface area (Å²) in [6, 6.07) is 2.46. The molecule has 0 spiro atoms. The van der Waals surface area contributed by atoms with Crippen LogP contribution in [0, 0.1) is 6.92 Å². The molecule has 0 aliphatic heterocycles. The van der Waals surface area contributed by atoms with Crippen molar-refractivity contribution in [3.8, 4) is 0 Å². The highest BCUT2D eigenvalue weighted by atomic mass is 32.2. The van der Waals surface area contributed by atoms with Crippen molar-refractivity contribution >= 4 is 21.9 Å². The third-order valence-electron chi connectivity index (χ3n) is 2.16. The lowest BCUT2D eigenvalue weighted by Crippen LogP contribution is -2.15. The largest absolute Gasteiger partial charge is 0.475 e. The zero-order valence-corrected chi connectivity index (χ0v) is 10.5. The van der Waals surface area contributed by atoms with Gasteiger partial charge in [0.2, 0.25) is 11.7 Å². The maximum absolute atomic E-state index is 12.0. The van der Waals surface area contributed by atoms with Crippen LogP contribution >= 0.6 is 0 Å². The highest BCUT2D eigenvalue weighted by Gasteiger charge is 2.24. The summed E-state index contributed by atoms with van der Waals surface area (Å²) >= 11 is 0. The lowest BCUT2D eigenvalue weighted by molar-refractivity contribution is 0.0661. The zero-order chi connectivity index (χ0) is 14.0. The molecule has 2 heterocycles. The van der Waals surface area contributed by atoms with Crippen LogP contribution in [0.2, 0.25) is 0 Å². The summed E-state index contributed by atoms with van der Waals surface area (Å²) in [5, 5.41) is 8.74. The second kappa shape index (κ2) is 4.69. The standard InChI is InChI=1S/C10H9N3O5S/c1-6-8(5-7(18-6)9(14)15)19(16,17)13-10-11-3-2-4-12-10/h2-5H,1H3,(H,14,15)(H,11,12,13). The summed E-state index contributed by atoms with van der Waals surface area (Å²) in [5.41, 5.74) is 0. The Balaban J connectivity index is 2.37. The first-order valence-corrected chi connectivity index (χ1v) is 6.52. The van der Waals surface area contributed by atoms with Gasteiger partial charge in [0.05, 0.1) is 0 Å². The number of nitrogens with zero attached hydrogens (tertiary/aromatic N) is 2. The number of carbonyl (C=O) groups is 1. The van der Waals surface area contributed by atoms with Gasteiger partial charge in [0, 0.05) is 18.5 Å². The van der Waals surface area contributed by atoms with E-state index in [1.807, 2.05) is 0 Å². The van der Waals surface area contributed by atoms with Crippen LogP contribution in [0.4, 0.5) is 5.95 Å². The van der Waals surface area contributed by atoms with E-state index in [-0.39, 0.29) is 16.6 Å². The van der Waals surface area contributed by atoms with E-state index < -0.39 is 21.8 Å². The van der Waals surface area contributed by atoms with Gasteiger partial charge in [-0.3, -0.25) is 0 Å². The van der Waals surface area contributed by atoms with Gasteiger partial charge in [0.1, 0.15) is 10.7 Å². The van der Waals surface area contributed by atoms with E-state index in [1.165, 1.54) is 25.4 Å². The van der Waals surface area contributed by atoms with Crippen molar-refractivity contribution in [2.24, 2.45) is 0 Å². The van der Waals surface area contributed by atoms with Crippen LogP contribution in [0.1, 0.15) is 16.3 Å². The highest BCUT2D eigenvalue weighted by molar-refractivity contribution is 7.92. The Bertz CT molecular complexity index is 708. The molecule has 2 aromatic heterocycles. The third-order valence-corrected chi connectivity index (χ3v) is 3.60. The molecule has 0 bridgehead atoms. The minimum Gasteiger partial charge on any atom is -0.475 e. The van der Waals surface area contributed by atoms with Crippen LogP contribution < -0.4 is 4.72 Å². The van der Waals surface area contributed by atoms with Crippen LogP contribution in [-0.2, 0) is 10.0 Å². The Morgan fingerprint density at radius 3 is 2.53 bits per heavy atom. The molecule has 0 radical (unpaired) electrons. The molecule has 19 heavy (non-hydrogen) atoms. The predicted octanol–water partition coefficient (Wildman–Crippen LogP) is 0.877. The van der Waals surface area contributed by atoms with Crippen LogP contribution in [0.5, 0.6) is 0 Å². The quantitative estimate of drug-likeness (QED) is 0.853. The molecule has 0 amide bonds. The van der Waals surface area contributed by atoms with Crippen LogP contribution in [-0.4, -0.2) is 29.5 Å². The lowest BCUT2D eigenvalue weighted by atomic mass is 10.4. The van der Waals surface area contributed by atoms with Crippen molar-refractivity contribution in [1.82, 2.24) is 9.97 Å². The number of carboxylic acid groups (broad SMARTS) is 1. The van der Waals surface area contributed by atoms with E-state index in [0.29, 0.717) is 0 Å². The SMILES string of the molecule is Cc1oc(C(=O)O)cc1S(=O)(=O)Nc1ncccn1. The van der Waals surface area contributed by atoms with Crippen molar-refractivity contribution in [3.05, 3.63) is 36.0 Å². The van der Waals surface area contributed by atoms with E-state index in [1.54, 1.807) is 0 Å². The Morgan fingerprint density at radius 2 is 2.00 bits per heavy atom. The number of aryl methyl sites for hydroxylation is 1. The molecule has 0 aliphatic rings. The number of carboxylic acids is 1. The number of hydrogen-bond donors (Lipinski definition) is 2. The fourth-order valence-electron chi connectivity index (χ4n) is 1.36. The second-order valence-corrected chi connectivity index (χ2v) is 5.16. The number of aromatic nitrogens is 2. The topological polar surface area (TPSA) is 122 Å². The van der Waals surface area contributed by atoms with Crippen molar-refractivity contribution in [3.63, 3.8) is 0 Å². The number of hydrogen-bond acceptors (Lipinski definition) is 6. The number of sulfonamides is 1. The summed E-state index contributed by atoms with van der Waals surface area (Å²) in [4.78, 5) is 17.9. The van der Waals surface area contributed by atoms with E-state index in [4.69, 9.17) is 9.52 Å². The summed E-state index contributed by atoms with van der Waals surface area (Å²) in [6.45, 7) is 1.35. The van der Waals surface area contributed by atoms with Gasteiger partial charge in [-0.25, -0.2) is 27.9 Å². The van der Waals surface area contributed by atoms with Crippen LogP contribution in [0.15, 0.2) is 33.8 Å². The van der Waals surface area contributed by atoms with E-state index in [0.717, 1.165) is 6.07 Å². The maximum Gasteiger partial charge on any atom is 0.371 e. The van der Waals surface area contributed by atoms with Crippen molar-refractivity contribution in [2.75, 3.05) is 4.72 Å². The van der Waals surface area contributed by atoms with Crippen LogP contribution in [0.3, 0.4) is 0 Å². The highest BCUT2D eigenvalue weighted by Crippen LogP contribution is 2.21. The van der Waals surface area contributed by atoms with Gasteiger partial charge in [-0.2, -0.15) is 0 Å². The Morgan fingerprint density at radius 1 is 1.37 bits per heavy atom. The van der Waals surface area contributed by atoms with Crippen molar-refractivity contribution in [1.29, 1.82) is 0 Å². The number of aromatic carboxylic acids is 1. The average Bonchev–Trinajstić information content (AvgIpc) is 2.73. The summed E-state index contributed by atoms with van der Waals surface area (Å²) in [6.07, 6.45) is 2.74. The molecule has 8 nitrogen and oxygen atoms in total. The summed E-state index contributed by atoms with van der Waals surface area (Å²) < 4.78 is 31.0. The molecule has 2 aromatic rings. The van der Waals surface area contributed by atoms with Gasteiger partial charge in [0.15, 0.2) is 0 Å². The molecule has 0 atom stereocenters. The minimum atomic E-state index is -3.99. The van der Waals surface area contributed by atoms with Gasteiger partial charge in [-0.05, 0) is 13.0 Å². The fraction of sp³-hybridized carbons (Fsp3) is 0.100. The average molecular weight is 283 g/mol. The molecular formula is C10H9N3O5S. The van der Waals surface area contributed by atoms with E-state index in [9.17, 15) is 13.2 Å². The maximum atomic E-state index is 12.0. The summed E-state index contributed by atoms with van der Waals surface area (Å²) in [7, 11) is -3.99. The van der Waals surface area contributed by atoms with Gasteiger partial charge in [0.25, 0.3) is 10.0 Å². The molecule has 2 N–H and O–H groups in total. The molecule has 0 saturated heterocycles. The van der Waals surface area contributed by atoms with Gasteiger partial charge in [-0.1, -0.05) is 0 Å². The first-order chi connectivity index (χ1) is 8.90. The van der Waals surface area contributed by atoms with Crippen molar-refractivity contribution in [2.45, 2.75) is 11.8 Å². The monoisotopic (exact) mass is 283 g/mol. The Hall–Kier alpha value is -2.42. The molecule has 2 rings (SSSR count). The summed E-state index contributed by atoms with van der Waals surface area (Å²) in [5.74, 6) is -1.94. The molecular weight excluding hydrogens is 274 g/mol. The number of furan rings is 1. The van der Waals surface area contributed by atoms with Crippen molar-refractivity contribution < 1.29 is 22.7 Å². The molecule has 0 aliphatic carbocycles. The molecule has 0 unspecified atom stereocenters. The van der Waals surface area contributed by atoms with Gasteiger partial charge < -0.3 is 9.52 Å². The number of anilines is 1.